The van der Waals surface area contributed by atoms with Crippen molar-refractivity contribution in [2.75, 3.05) is 11.9 Å². The zero-order valence-corrected chi connectivity index (χ0v) is 17.9. The van der Waals surface area contributed by atoms with Crippen LogP contribution in [0.3, 0.4) is 0 Å². The van der Waals surface area contributed by atoms with E-state index in [4.69, 9.17) is 0 Å². The number of para-hydroxylation sites is 1. The molecule has 5 heteroatoms. The number of hydrogen-bond acceptors (Lipinski definition) is 3. The van der Waals surface area contributed by atoms with Crippen LogP contribution in [0, 0.1) is 0 Å². The van der Waals surface area contributed by atoms with Crippen LogP contribution in [0.1, 0.15) is 46.0 Å². The predicted molar refractivity (Wildman–Crippen MR) is 124 cm³/mol. The van der Waals surface area contributed by atoms with Crippen LogP contribution in [-0.4, -0.2) is 18.4 Å². The van der Waals surface area contributed by atoms with Crippen LogP contribution in [0.5, 0.6) is 0 Å². The van der Waals surface area contributed by atoms with Gasteiger partial charge in [-0.3, -0.25) is 9.59 Å². The Morgan fingerprint density at radius 3 is 2.23 bits per heavy atom. The van der Waals surface area contributed by atoms with Crippen molar-refractivity contribution in [3.05, 3.63) is 95.6 Å². The molecule has 0 atom stereocenters. The SMILES string of the molecule is CCCCNC(=O)c1ccccc1NC(=O)c1ccccc1SCc1ccccc1. The lowest BCUT2D eigenvalue weighted by atomic mass is 10.1. The van der Waals surface area contributed by atoms with E-state index in [1.807, 2.05) is 48.5 Å². The molecule has 2 amide bonds. The van der Waals surface area contributed by atoms with Gasteiger partial charge in [0.1, 0.15) is 0 Å². The molecule has 3 aromatic rings. The van der Waals surface area contributed by atoms with Crippen LogP contribution in [-0.2, 0) is 5.75 Å². The van der Waals surface area contributed by atoms with Crippen molar-refractivity contribution in [2.24, 2.45) is 0 Å². The van der Waals surface area contributed by atoms with Gasteiger partial charge in [-0.1, -0.05) is 67.9 Å². The van der Waals surface area contributed by atoms with Crippen molar-refractivity contribution in [3.63, 3.8) is 0 Å². The number of rotatable bonds is 9. The maximum atomic E-state index is 13.0. The van der Waals surface area contributed by atoms with Gasteiger partial charge >= 0.3 is 0 Å². The summed E-state index contributed by atoms with van der Waals surface area (Å²) in [5.74, 6) is 0.382. The Bertz CT molecular complexity index is 989. The highest BCUT2D eigenvalue weighted by atomic mass is 32.2. The average molecular weight is 419 g/mol. The van der Waals surface area contributed by atoms with Gasteiger partial charge in [-0.25, -0.2) is 0 Å². The van der Waals surface area contributed by atoms with E-state index in [-0.39, 0.29) is 11.8 Å². The highest BCUT2D eigenvalue weighted by molar-refractivity contribution is 7.98. The van der Waals surface area contributed by atoms with E-state index in [9.17, 15) is 9.59 Å². The summed E-state index contributed by atoms with van der Waals surface area (Å²) < 4.78 is 0. The molecule has 0 unspecified atom stereocenters. The Labute approximate surface area is 182 Å². The summed E-state index contributed by atoms with van der Waals surface area (Å²) in [4.78, 5) is 26.4. The van der Waals surface area contributed by atoms with Crippen LogP contribution in [0.2, 0.25) is 0 Å². The molecule has 0 fully saturated rings. The van der Waals surface area contributed by atoms with Gasteiger partial charge in [-0.05, 0) is 36.2 Å². The molecule has 0 spiro atoms. The van der Waals surface area contributed by atoms with Crippen molar-refractivity contribution >= 4 is 29.3 Å². The molecule has 2 N–H and O–H groups in total. The predicted octanol–water partition coefficient (Wildman–Crippen LogP) is 5.76. The number of anilines is 1. The lowest BCUT2D eigenvalue weighted by Gasteiger charge is -2.13. The Hall–Kier alpha value is -3.05. The third-order valence-electron chi connectivity index (χ3n) is 4.60. The third kappa shape index (κ3) is 5.97. The Morgan fingerprint density at radius 2 is 1.47 bits per heavy atom. The summed E-state index contributed by atoms with van der Waals surface area (Å²) in [5.41, 5.74) is 2.78. The van der Waals surface area contributed by atoms with E-state index in [2.05, 4.69) is 29.7 Å². The molecule has 0 bridgehead atoms. The second-order valence-corrected chi connectivity index (χ2v) is 7.90. The maximum absolute atomic E-state index is 13.0. The molecular formula is C25H26N2O2S. The summed E-state index contributed by atoms with van der Waals surface area (Å²) in [5, 5.41) is 5.83. The molecule has 0 heterocycles. The van der Waals surface area contributed by atoms with Crippen molar-refractivity contribution in [2.45, 2.75) is 30.4 Å². The quantitative estimate of drug-likeness (QED) is 0.343. The summed E-state index contributed by atoms with van der Waals surface area (Å²) in [6.07, 6.45) is 1.93. The molecule has 0 aliphatic rings. The number of benzene rings is 3. The highest BCUT2D eigenvalue weighted by Gasteiger charge is 2.16. The average Bonchev–Trinajstić information content (AvgIpc) is 2.79. The van der Waals surface area contributed by atoms with E-state index in [1.54, 1.807) is 30.0 Å². The second kappa shape index (κ2) is 11.2. The Balaban J connectivity index is 1.73. The number of unbranched alkanes of at least 4 members (excludes halogenated alkanes) is 1. The van der Waals surface area contributed by atoms with Crippen molar-refractivity contribution in [3.8, 4) is 0 Å². The smallest absolute Gasteiger partial charge is 0.256 e. The number of carbonyl (C=O) groups is 2. The fourth-order valence-corrected chi connectivity index (χ4v) is 3.97. The van der Waals surface area contributed by atoms with Gasteiger partial charge < -0.3 is 10.6 Å². The number of carbonyl (C=O) groups excluding carboxylic acids is 2. The number of amides is 2. The number of hydrogen-bond donors (Lipinski definition) is 2. The standard InChI is InChI=1S/C25H26N2O2S/c1-2-3-17-26-24(28)20-13-7-9-15-22(20)27-25(29)21-14-8-10-16-23(21)30-18-19-11-5-4-6-12-19/h4-16H,2-3,17-18H2,1H3,(H,26,28)(H,27,29). The minimum Gasteiger partial charge on any atom is -0.352 e. The van der Waals surface area contributed by atoms with Crippen LogP contribution < -0.4 is 10.6 Å². The molecule has 0 radical (unpaired) electrons. The molecule has 0 saturated carbocycles. The lowest BCUT2D eigenvalue weighted by Crippen LogP contribution is -2.26. The largest absolute Gasteiger partial charge is 0.352 e. The van der Waals surface area contributed by atoms with Gasteiger partial charge in [0.2, 0.25) is 0 Å². The van der Waals surface area contributed by atoms with Crippen LogP contribution in [0.15, 0.2) is 83.8 Å². The van der Waals surface area contributed by atoms with Gasteiger partial charge in [0.05, 0.1) is 16.8 Å². The third-order valence-corrected chi connectivity index (χ3v) is 5.75. The van der Waals surface area contributed by atoms with Crippen molar-refractivity contribution in [1.82, 2.24) is 5.32 Å². The van der Waals surface area contributed by atoms with E-state index in [0.29, 0.717) is 23.4 Å². The maximum Gasteiger partial charge on any atom is 0.256 e. The first-order chi connectivity index (χ1) is 14.7. The van der Waals surface area contributed by atoms with Gasteiger partial charge in [0, 0.05) is 17.2 Å². The summed E-state index contributed by atoms with van der Waals surface area (Å²) in [7, 11) is 0. The molecular weight excluding hydrogens is 392 g/mol. The number of thioether (sulfide) groups is 1. The van der Waals surface area contributed by atoms with Gasteiger partial charge in [0.15, 0.2) is 0 Å². The number of nitrogens with one attached hydrogen (secondary N) is 2. The Morgan fingerprint density at radius 1 is 0.800 bits per heavy atom. The highest BCUT2D eigenvalue weighted by Crippen LogP contribution is 2.27. The zero-order chi connectivity index (χ0) is 21.2. The fraction of sp³-hybridized carbons (Fsp3) is 0.200. The summed E-state index contributed by atoms with van der Waals surface area (Å²) >= 11 is 1.62. The van der Waals surface area contributed by atoms with E-state index in [0.717, 1.165) is 23.5 Å². The molecule has 3 aromatic carbocycles. The molecule has 0 saturated heterocycles. The molecule has 154 valence electrons. The first kappa shape index (κ1) is 21.7. The zero-order valence-electron chi connectivity index (χ0n) is 17.1. The van der Waals surface area contributed by atoms with Crippen LogP contribution >= 0.6 is 11.8 Å². The molecule has 0 aromatic heterocycles. The van der Waals surface area contributed by atoms with E-state index < -0.39 is 0 Å². The van der Waals surface area contributed by atoms with Gasteiger partial charge in [-0.15, -0.1) is 11.8 Å². The molecule has 3 rings (SSSR count). The summed E-state index contributed by atoms with van der Waals surface area (Å²) in [6.45, 7) is 2.70. The fourth-order valence-electron chi connectivity index (χ4n) is 2.97. The Kier molecular flexibility index (Phi) is 8.10. The molecule has 30 heavy (non-hydrogen) atoms. The monoisotopic (exact) mass is 418 g/mol. The van der Waals surface area contributed by atoms with Crippen molar-refractivity contribution in [1.29, 1.82) is 0 Å². The van der Waals surface area contributed by atoms with Gasteiger partial charge in [-0.2, -0.15) is 0 Å². The first-order valence-corrected chi connectivity index (χ1v) is 11.1. The minimum absolute atomic E-state index is 0.175. The topological polar surface area (TPSA) is 58.2 Å². The van der Waals surface area contributed by atoms with E-state index >= 15 is 0 Å². The molecule has 0 aliphatic carbocycles. The molecule has 0 aliphatic heterocycles. The minimum atomic E-state index is -0.222. The lowest BCUT2D eigenvalue weighted by molar-refractivity contribution is 0.0954. The summed E-state index contributed by atoms with van der Waals surface area (Å²) in [6, 6.07) is 24.8. The van der Waals surface area contributed by atoms with Crippen LogP contribution in [0.25, 0.3) is 0 Å². The van der Waals surface area contributed by atoms with Gasteiger partial charge in [0.25, 0.3) is 11.8 Å². The van der Waals surface area contributed by atoms with Crippen LogP contribution in [0.4, 0.5) is 5.69 Å². The van der Waals surface area contributed by atoms with E-state index in [1.165, 1.54) is 5.56 Å². The van der Waals surface area contributed by atoms with Crippen molar-refractivity contribution < 1.29 is 9.59 Å². The first-order valence-electron chi connectivity index (χ1n) is 10.1. The normalized spacial score (nSPS) is 10.4. The molecule has 4 nitrogen and oxygen atoms in total. The second-order valence-electron chi connectivity index (χ2n) is 6.88.